The summed E-state index contributed by atoms with van der Waals surface area (Å²) < 4.78 is 11.5. The Hall–Kier alpha value is 0.220. The van der Waals surface area contributed by atoms with Crippen molar-refractivity contribution in [3.8, 4) is 0 Å². The van der Waals surface area contributed by atoms with Crippen molar-refractivity contribution in [2.24, 2.45) is 0 Å². The summed E-state index contributed by atoms with van der Waals surface area (Å²) >= 11 is 4.86. The lowest BCUT2D eigenvalue weighted by atomic mass is 10.5. The van der Waals surface area contributed by atoms with E-state index >= 15 is 0 Å². The van der Waals surface area contributed by atoms with E-state index in [2.05, 4.69) is 0 Å². The van der Waals surface area contributed by atoms with Crippen LogP contribution in [0.25, 0.3) is 0 Å². The second kappa shape index (κ2) is 1.13. The molecule has 0 bridgehead atoms. The minimum absolute atomic E-state index is 1.29. The van der Waals surface area contributed by atoms with E-state index in [0.29, 0.717) is 0 Å². The van der Waals surface area contributed by atoms with Crippen LogP contribution in [0.2, 0.25) is 0 Å². The lowest BCUT2D eigenvalue weighted by Gasteiger charge is -1.96. The average Bonchev–Trinajstić information content (AvgIpc) is 0.722. The molecule has 0 fully saturated rings. The summed E-state index contributed by atoms with van der Waals surface area (Å²) in [6, 6.07) is 0. The van der Waals surface area contributed by atoms with Crippen molar-refractivity contribution >= 4 is 11.6 Å². The van der Waals surface area contributed by atoms with Crippen LogP contribution in [-0.4, -0.2) is 5.13 Å². The predicted octanol–water partition coefficient (Wildman–Crippen LogP) is 1.93. The van der Waals surface area contributed by atoms with Crippen molar-refractivity contribution in [3.63, 3.8) is 0 Å². The van der Waals surface area contributed by atoms with Crippen molar-refractivity contribution in [3.05, 3.63) is 0 Å². The van der Waals surface area contributed by atoms with Crippen LogP contribution in [0, 0.1) is 0 Å². The Kier molecular flexibility index (Phi) is 1.18. The molecule has 0 atom stereocenters. The molecule has 0 rings (SSSR count). The normalized spacial score (nSPS) is 12.0. The van der Waals surface area contributed by atoms with Gasteiger partial charge in [-0.05, 0) is 13.8 Å². The lowest BCUT2D eigenvalue weighted by molar-refractivity contribution is 0.336. The van der Waals surface area contributed by atoms with Crippen LogP contribution in [0.3, 0.4) is 0 Å². The second-order valence-corrected chi connectivity index (χ2v) is 2.23. The molecule has 0 aromatic carbocycles. The molecule has 0 saturated heterocycles. The third kappa shape index (κ3) is 430. The maximum absolute atomic E-state index is 11.5. The van der Waals surface area contributed by atoms with Gasteiger partial charge in [-0.1, -0.05) is 11.6 Å². The summed E-state index contributed by atoms with van der Waals surface area (Å²) in [5.74, 6) is 0. The Morgan fingerprint density at radius 2 is 1.60 bits per heavy atom. The van der Waals surface area contributed by atoms with Crippen molar-refractivity contribution in [1.82, 2.24) is 0 Å². The molecular weight excluding hydrogens is 90.5 g/mol. The fraction of sp³-hybridized carbons (Fsp3) is 1.00. The van der Waals surface area contributed by atoms with Gasteiger partial charge in [0.05, 0.1) is 0 Å². The van der Waals surface area contributed by atoms with Gasteiger partial charge in [0.1, 0.15) is 0 Å². The molecule has 0 aromatic heterocycles. The topological polar surface area (TPSA) is 0 Å². The molecule has 0 nitrogen and oxygen atoms in total. The fourth-order valence-electron chi connectivity index (χ4n) is 0. The predicted molar refractivity (Wildman–Crippen MR) is 21.0 cm³/mol. The second-order valence-electron chi connectivity index (χ2n) is 1.33. The van der Waals surface area contributed by atoms with Crippen molar-refractivity contribution in [2.45, 2.75) is 19.0 Å². The Labute approximate surface area is 35.9 Å². The third-order valence-electron chi connectivity index (χ3n) is 0. The van der Waals surface area contributed by atoms with Gasteiger partial charge in [-0.2, -0.15) is 0 Å². The monoisotopic (exact) mass is 96.0 g/mol. The van der Waals surface area contributed by atoms with Gasteiger partial charge in [-0.3, -0.25) is 0 Å². The van der Waals surface area contributed by atoms with Crippen molar-refractivity contribution < 1.29 is 4.39 Å². The zero-order chi connectivity index (χ0) is 4.50. The van der Waals surface area contributed by atoms with E-state index in [1.165, 1.54) is 13.8 Å². The molecule has 0 spiro atoms. The molecule has 0 saturated carbocycles. The molecule has 0 unspecified atom stereocenters. The Morgan fingerprint density at radius 1 is 1.60 bits per heavy atom. The summed E-state index contributed by atoms with van der Waals surface area (Å²) in [5, 5.41) is -1.53. The highest BCUT2D eigenvalue weighted by Gasteiger charge is 2.05. The highest BCUT2D eigenvalue weighted by atomic mass is 35.5. The zero-order valence-electron chi connectivity index (χ0n) is 3.26. The number of halogens is 2. The first-order valence-corrected chi connectivity index (χ1v) is 1.76. The molecule has 0 aromatic rings. The van der Waals surface area contributed by atoms with Gasteiger partial charge in [0.25, 0.3) is 0 Å². The lowest BCUT2D eigenvalue weighted by Crippen LogP contribution is -1.95. The summed E-state index contributed by atoms with van der Waals surface area (Å²) in [4.78, 5) is 0. The molecule has 0 amide bonds. The van der Waals surface area contributed by atoms with Gasteiger partial charge in [-0.15, -0.1) is 0 Å². The maximum atomic E-state index is 11.5. The van der Waals surface area contributed by atoms with E-state index in [1.807, 2.05) is 0 Å². The molecule has 0 aliphatic rings. The van der Waals surface area contributed by atoms with Gasteiger partial charge in [0.15, 0.2) is 5.13 Å². The fourth-order valence-corrected chi connectivity index (χ4v) is 0. The number of rotatable bonds is 0. The SMILES string of the molecule is CC(C)(F)Cl. The van der Waals surface area contributed by atoms with Gasteiger partial charge >= 0.3 is 0 Å². The van der Waals surface area contributed by atoms with Crippen molar-refractivity contribution in [2.75, 3.05) is 0 Å². The van der Waals surface area contributed by atoms with Gasteiger partial charge in [0, 0.05) is 0 Å². The van der Waals surface area contributed by atoms with E-state index in [0.717, 1.165) is 0 Å². The Balaban J connectivity index is 3.02. The van der Waals surface area contributed by atoms with Crippen LogP contribution in [0.1, 0.15) is 13.8 Å². The zero-order valence-corrected chi connectivity index (χ0v) is 4.01. The molecule has 0 heterocycles. The van der Waals surface area contributed by atoms with Crippen LogP contribution in [0.5, 0.6) is 0 Å². The standard InChI is InChI=1S/C3H6ClF/c1-3(2,4)5/h1-2H3. The molecule has 5 heavy (non-hydrogen) atoms. The van der Waals surface area contributed by atoms with E-state index in [1.54, 1.807) is 0 Å². The highest BCUT2D eigenvalue weighted by molar-refractivity contribution is 6.22. The summed E-state index contributed by atoms with van der Waals surface area (Å²) in [6.07, 6.45) is 0. The average molecular weight is 96.5 g/mol. The van der Waals surface area contributed by atoms with Crippen molar-refractivity contribution in [1.29, 1.82) is 0 Å². The molecular formula is C3H6ClF. The van der Waals surface area contributed by atoms with Crippen LogP contribution in [0.4, 0.5) is 4.39 Å². The quantitative estimate of drug-likeness (QED) is 0.404. The molecule has 0 N–H and O–H groups in total. The minimum atomic E-state index is -1.53. The van der Waals surface area contributed by atoms with Crippen LogP contribution < -0.4 is 0 Å². The molecule has 2 heteroatoms. The maximum Gasteiger partial charge on any atom is 0.178 e. The third-order valence-corrected chi connectivity index (χ3v) is 0. The minimum Gasteiger partial charge on any atom is -0.227 e. The Bertz CT molecular complexity index is 22.4. The number of alkyl halides is 2. The number of hydrogen-bond acceptors (Lipinski definition) is 0. The summed E-state index contributed by atoms with van der Waals surface area (Å²) in [6.45, 7) is 2.57. The first kappa shape index (κ1) is 5.22. The summed E-state index contributed by atoms with van der Waals surface area (Å²) in [5.41, 5.74) is 0. The van der Waals surface area contributed by atoms with Gasteiger partial charge < -0.3 is 0 Å². The molecule has 0 radical (unpaired) electrons. The first-order chi connectivity index (χ1) is 2.00. The van der Waals surface area contributed by atoms with Crippen LogP contribution in [0.15, 0.2) is 0 Å². The van der Waals surface area contributed by atoms with E-state index in [4.69, 9.17) is 11.6 Å². The van der Waals surface area contributed by atoms with Gasteiger partial charge in [-0.25, -0.2) is 4.39 Å². The van der Waals surface area contributed by atoms with E-state index < -0.39 is 5.13 Å². The Morgan fingerprint density at radius 3 is 1.60 bits per heavy atom. The van der Waals surface area contributed by atoms with Crippen LogP contribution in [-0.2, 0) is 0 Å². The first-order valence-electron chi connectivity index (χ1n) is 1.38. The largest absolute Gasteiger partial charge is 0.227 e. The highest BCUT2D eigenvalue weighted by Crippen LogP contribution is 2.11. The molecule has 0 aliphatic carbocycles. The molecule has 0 aliphatic heterocycles. The smallest absolute Gasteiger partial charge is 0.178 e. The van der Waals surface area contributed by atoms with E-state index in [9.17, 15) is 4.39 Å². The van der Waals surface area contributed by atoms with Crippen LogP contribution >= 0.6 is 11.6 Å². The number of hydrogen-bond donors (Lipinski definition) is 0. The summed E-state index contributed by atoms with van der Waals surface area (Å²) in [7, 11) is 0. The van der Waals surface area contributed by atoms with Gasteiger partial charge in [0.2, 0.25) is 0 Å². The van der Waals surface area contributed by atoms with E-state index in [-0.39, 0.29) is 0 Å². The molecule has 32 valence electrons.